The topological polar surface area (TPSA) is 260 Å². The van der Waals surface area contributed by atoms with Crippen LogP contribution in [0.15, 0.2) is 53.0 Å². The third-order valence-corrected chi connectivity index (χ3v) is 7.26. The average molecular weight is 788 g/mol. The molecule has 0 atom stereocenters. The molecule has 0 aliphatic heterocycles. The van der Waals surface area contributed by atoms with Gasteiger partial charge in [0.15, 0.2) is 5.78 Å². The highest BCUT2D eigenvalue weighted by Gasteiger charge is 2.17. The van der Waals surface area contributed by atoms with Crippen molar-refractivity contribution in [3.05, 3.63) is 85.9 Å². The Morgan fingerprint density at radius 1 is 0.536 bits per heavy atom. The van der Waals surface area contributed by atoms with Crippen LogP contribution in [0.3, 0.4) is 0 Å². The number of aryl methyl sites for hydroxylation is 1. The molecule has 56 heavy (non-hydrogen) atoms. The van der Waals surface area contributed by atoms with Crippen LogP contribution in [-0.4, -0.2) is 154 Å². The van der Waals surface area contributed by atoms with Crippen molar-refractivity contribution < 1.29 is 52.3 Å². The van der Waals surface area contributed by atoms with Crippen molar-refractivity contribution in [1.82, 2.24) is 15.6 Å². The Bertz CT molecular complexity index is 1400. The fraction of sp³-hybridized carbons (Fsp3) is 0.611. The van der Waals surface area contributed by atoms with E-state index in [1.165, 1.54) is 18.2 Å². The molecule has 2 amide bonds. The SMILES string of the molecule is [N-]=[N+]=NCCOCCOCCOCCOCCNC(=O)c1cc(C(=O)CCc2ccncc2)cc(C(=O)NCCOCCOCCOCCOCCN=[N+]=[N-])c1. The Balaban J connectivity index is 1.70. The van der Waals surface area contributed by atoms with Crippen LogP contribution in [0.4, 0.5) is 0 Å². The molecule has 2 rings (SSSR count). The maximum Gasteiger partial charge on any atom is 0.251 e. The second-order valence-electron chi connectivity index (χ2n) is 11.4. The third kappa shape index (κ3) is 24.6. The van der Waals surface area contributed by atoms with Crippen molar-refractivity contribution in [2.45, 2.75) is 12.8 Å². The summed E-state index contributed by atoms with van der Waals surface area (Å²) in [7, 11) is 0. The maximum absolute atomic E-state index is 13.2. The fourth-order valence-corrected chi connectivity index (χ4v) is 4.50. The minimum atomic E-state index is -0.453. The number of azide groups is 2. The predicted molar refractivity (Wildman–Crippen MR) is 203 cm³/mol. The van der Waals surface area contributed by atoms with E-state index < -0.39 is 11.8 Å². The lowest BCUT2D eigenvalue weighted by Gasteiger charge is -2.12. The maximum atomic E-state index is 13.2. The molecule has 0 fully saturated rings. The summed E-state index contributed by atoms with van der Waals surface area (Å²) in [5.74, 6) is -1.11. The zero-order valence-corrected chi connectivity index (χ0v) is 31.7. The first-order chi connectivity index (χ1) is 27.5. The van der Waals surface area contributed by atoms with Crippen LogP contribution in [0, 0.1) is 0 Å². The van der Waals surface area contributed by atoms with Crippen LogP contribution in [0.2, 0.25) is 0 Å². The second-order valence-corrected chi connectivity index (χ2v) is 11.4. The molecule has 0 aliphatic rings. The van der Waals surface area contributed by atoms with Gasteiger partial charge in [-0.2, -0.15) is 0 Å². The number of hydrogen-bond acceptors (Lipinski definition) is 14. The lowest BCUT2D eigenvalue weighted by molar-refractivity contribution is -0.000575. The number of Topliss-reactive ketones (excluding diaryl/α,β-unsaturated/α-hetero) is 1. The highest BCUT2D eigenvalue weighted by atomic mass is 16.6. The molecule has 0 spiro atoms. The lowest BCUT2D eigenvalue weighted by atomic mass is 9.98. The van der Waals surface area contributed by atoms with Gasteiger partial charge in [-0.25, -0.2) is 0 Å². The van der Waals surface area contributed by atoms with Crippen LogP contribution in [0.25, 0.3) is 20.9 Å². The summed E-state index contributed by atoms with van der Waals surface area (Å²) >= 11 is 0. The average Bonchev–Trinajstić information content (AvgIpc) is 3.22. The van der Waals surface area contributed by atoms with E-state index in [1.807, 2.05) is 12.1 Å². The Labute approximate surface area is 326 Å². The molecular weight excluding hydrogens is 734 g/mol. The first kappa shape index (κ1) is 47.4. The largest absolute Gasteiger partial charge is 0.379 e. The highest BCUT2D eigenvalue weighted by Crippen LogP contribution is 2.15. The van der Waals surface area contributed by atoms with Gasteiger partial charge in [0.1, 0.15) is 0 Å². The molecule has 1 heterocycles. The van der Waals surface area contributed by atoms with E-state index in [1.54, 1.807) is 12.4 Å². The number of amides is 2. The minimum Gasteiger partial charge on any atom is -0.379 e. The number of ether oxygens (including phenoxy) is 8. The van der Waals surface area contributed by atoms with E-state index in [0.717, 1.165) is 5.56 Å². The van der Waals surface area contributed by atoms with E-state index in [9.17, 15) is 14.4 Å². The molecule has 1 aromatic heterocycles. The number of carbonyl (C=O) groups excluding carboxylic acids is 3. The van der Waals surface area contributed by atoms with Crippen LogP contribution < -0.4 is 10.6 Å². The van der Waals surface area contributed by atoms with Gasteiger partial charge in [-0.15, -0.1) is 0 Å². The summed E-state index contributed by atoms with van der Waals surface area (Å²) < 4.78 is 43.2. The molecule has 20 nitrogen and oxygen atoms in total. The van der Waals surface area contributed by atoms with Crippen molar-refractivity contribution in [1.29, 1.82) is 0 Å². The minimum absolute atomic E-state index is 0.171. The number of hydrogen-bond donors (Lipinski definition) is 2. The van der Waals surface area contributed by atoms with Gasteiger partial charge in [0.25, 0.3) is 11.8 Å². The normalized spacial score (nSPS) is 10.7. The van der Waals surface area contributed by atoms with Crippen LogP contribution in [0.1, 0.15) is 43.1 Å². The number of pyridine rings is 1. The standard InChI is InChI=1S/C36H53N9O11/c37-44-42-9-13-51-17-21-55-25-23-53-19-15-49-11-7-40-35(47)32-27-31(34(46)2-1-30-3-5-39-6-4-30)28-33(29-32)36(48)41-8-12-50-16-20-54-24-26-56-22-18-52-14-10-43-45-38/h3-6,27-29H,1-2,7-26H2,(H,40,47)(H,41,48). The molecule has 0 aliphatic carbocycles. The van der Waals surface area contributed by atoms with Crippen molar-refractivity contribution in [2.75, 3.05) is 132 Å². The highest BCUT2D eigenvalue weighted by molar-refractivity contribution is 6.05. The number of nitrogens with one attached hydrogen (secondary N) is 2. The van der Waals surface area contributed by atoms with Gasteiger partial charge in [0.05, 0.1) is 106 Å². The first-order valence-electron chi connectivity index (χ1n) is 18.3. The second kappa shape index (κ2) is 33.6. The van der Waals surface area contributed by atoms with Gasteiger partial charge < -0.3 is 48.5 Å². The van der Waals surface area contributed by atoms with E-state index in [2.05, 4.69) is 35.7 Å². The van der Waals surface area contributed by atoms with Gasteiger partial charge >= 0.3 is 0 Å². The smallest absolute Gasteiger partial charge is 0.251 e. The van der Waals surface area contributed by atoms with Crippen LogP contribution in [0.5, 0.6) is 0 Å². The van der Waals surface area contributed by atoms with Gasteiger partial charge in [-0.1, -0.05) is 10.2 Å². The first-order valence-corrected chi connectivity index (χ1v) is 18.3. The van der Waals surface area contributed by atoms with Crippen LogP contribution >= 0.6 is 0 Å². The van der Waals surface area contributed by atoms with Crippen molar-refractivity contribution in [2.24, 2.45) is 10.2 Å². The van der Waals surface area contributed by atoms with Gasteiger partial charge in [0, 0.05) is 71.5 Å². The summed E-state index contributed by atoms with van der Waals surface area (Å²) in [6, 6.07) is 8.09. The van der Waals surface area contributed by atoms with Gasteiger partial charge in [-0.3, -0.25) is 19.4 Å². The molecule has 2 N–H and O–H groups in total. The van der Waals surface area contributed by atoms with E-state index in [-0.39, 0.29) is 68.3 Å². The molecule has 0 bridgehead atoms. The van der Waals surface area contributed by atoms with Gasteiger partial charge in [-0.05, 0) is 53.4 Å². The van der Waals surface area contributed by atoms with Crippen molar-refractivity contribution in [3.63, 3.8) is 0 Å². The van der Waals surface area contributed by atoms with Crippen molar-refractivity contribution in [3.8, 4) is 0 Å². The number of carbonyl (C=O) groups is 3. The number of rotatable bonds is 36. The number of ketones is 1. The van der Waals surface area contributed by atoms with Crippen LogP contribution in [-0.2, 0) is 44.3 Å². The summed E-state index contributed by atoms with van der Waals surface area (Å²) in [4.78, 5) is 48.7. The monoisotopic (exact) mass is 787 g/mol. The molecule has 20 heteroatoms. The third-order valence-electron chi connectivity index (χ3n) is 7.26. The fourth-order valence-electron chi connectivity index (χ4n) is 4.50. The van der Waals surface area contributed by atoms with Gasteiger partial charge in [0.2, 0.25) is 0 Å². The number of nitrogens with zero attached hydrogens (tertiary/aromatic N) is 7. The van der Waals surface area contributed by atoms with E-state index in [0.29, 0.717) is 98.9 Å². The predicted octanol–water partition coefficient (Wildman–Crippen LogP) is 3.11. The zero-order valence-electron chi connectivity index (χ0n) is 31.7. The summed E-state index contributed by atoms with van der Waals surface area (Å²) in [6.45, 7) is 6.57. The lowest BCUT2D eigenvalue weighted by Crippen LogP contribution is -2.30. The molecule has 0 radical (unpaired) electrons. The zero-order chi connectivity index (χ0) is 40.2. The number of benzene rings is 1. The van der Waals surface area contributed by atoms with Crippen molar-refractivity contribution >= 4 is 17.6 Å². The Kier molecular flexibility index (Phi) is 28.5. The quantitative estimate of drug-likeness (QED) is 0.0332. The Hall–Kier alpha value is -4.72. The molecule has 1 aromatic carbocycles. The molecule has 2 aromatic rings. The van der Waals surface area contributed by atoms with E-state index >= 15 is 0 Å². The molecule has 0 saturated carbocycles. The summed E-state index contributed by atoms with van der Waals surface area (Å²) in [6.07, 6.45) is 3.98. The Morgan fingerprint density at radius 3 is 1.29 bits per heavy atom. The summed E-state index contributed by atoms with van der Waals surface area (Å²) in [5.41, 5.74) is 17.9. The molecule has 0 unspecified atom stereocenters. The Morgan fingerprint density at radius 2 is 0.893 bits per heavy atom. The summed E-state index contributed by atoms with van der Waals surface area (Å²) in [5, 5.41) is 12.3. The van der Waals surface area contributed by atoms with E-state index in [4.69, 9.17) is 49.0 Å². The molecule has 0 saturated heterocycles. The molecular formula is C36H53N9O11. The number of aromatic nitrogens is 1. The molecule has 308 valence electrons.